The Kier molecular flexibility index (Phi) is 9.04. The molecule has 0 bridgehead atoms. The summed E-state index contributed by atoms with van der Waals surface area (Å²) in [7, 11) is 1.44. The lowest BCUT2D eigenvalue weighted by Crippen LogP contribution is -2.43. The van der Waals surface area contributed by atoms with E-state index in [4.69, 9.17) is 15.2 Å². The molecule has 1 heterocycles. The molecule has 0 spiro atoms. The van der Waals surface area contributed by atoms with Gasteiger partial charge in [0.05, 0.1) is 31.7 Å². The smallest absolute Gasteiger partial charge is 0.410 e. The van der Waals surface area contributed by atoms with Gasteiger partial charge >= 0.3 is 6.09 Å². The Hall–Kier alpha value is -3.10. The molecule has 2 aliphatic carbocycles. The van der Waals surface area contributed by atoms with E-state index in [0.717, 1.165) is 92.5 Å². The lowest BCUT2D eigenvalue weighted by atomic mass is 9.90. The van der Waals surface area contributed by atoms with E-state index in [2.05, 4.69) is 46.6 Å². The number of carbonyl (C=O) groups is 2. The molecule has 3 fully saturated rings. The SMILES string of the molecule is COC(=O)N(Cc1cccc(-c2ccc(N3CCOCC3)c(NC(=O)C3CCCC3)c2)c1)C1CCC(N)CC1. The van der Waals surface area contributed by atoms with Gasteiger partial charge in [0.25, 0.3) is 0 Å². The van der Waals surface area contributed by atoms with E-state index in [-0.39, 0.29) is 30.0 Å². The third-order valence-electron chi connectivity index (χ3n) is 8.54. The van der Waals surface area contributed by atoms with Crippen molar-refractivity contribution in [3.05, 3.63) is 48.0 Å². The van der Waals surface area contributed by atoms with Crippen LogP contribution in [0.3, 0.4) is 0 Å². The number of hydrogen-bond acceptors (Lipinski definition) is 6. The van der Waals surface area contributed by atoms with Gasteiger partial charge in [-0.25, -0.2) is 4.79 Å². The first-order chi connectivity index (χ1) is 19.0. The molecule has 0 radical (unpaired) electrons. The molecule has 1 saturated heterocycles. The zero-order valence-corrected chi connectivity index (χ0v) is 23.1. The fourth-order valence-electron chi connectivity index (χ4n) is 6.24. The van der Waals surface area contributed by atoms with Crippen LogP contribution in [-0.2, 0) is 20.8 Å². The highest BCUT2D eigenvalue weighted by Gasteiger charge is 2.29. The Morgan fingerprint density at radius 3 is 2.44 bits per heavy atom. The topological polar surface area (TPSA) is 97.1 Å². The van der Waals surface area contributed by atoms with E-state index in [0.29, 0.717) is 19.8 Å². The summed E-state index contributed by atoms with van der Waals surface area (Å²) < 4.78 is 10.7. The highest BCUT2D eigenvalue weighted by Crippen LogP contribution is 2.35. The van der Waals surface area contributed by atoms with E-state index in [1.807, 2.05) is 11.0 Å². The monoisotopic (exact) mass is 534 g/mol. The Morgan fingerprint density at radius 2 is 1.72 bits per heavy atom. The van der Waals surface area contributed by atoms with Gasteiger partial charge in [0, 0.05) is 37.6 Å². The maximum absolute atomic E-state index is 13.1. The summed E-state index contributed by atoms with van der Waals surface area (Å²) in [6.07, 6.45) is 7.49. The van der Waals surface area contributed by atoms with Crippen molar-refractivity contribution in [1.82, 2.24) is 4.90 Å². The Balaban J connectivity index is 1.39. The largest absolute Gasteiger partial charge is 0.453 e. The molecule has 8 heteroatoms. The van der Waals surface area contributed by atoms with Crippen molar-refractivity contribution in [2.45, 2.75) is 70.0 Å². The van der Waals surface area contributed by atoms with Crippen molar-refractivity contribution in [3.8, 4) is 11.1 Å². The van der Waals surface area contributed by atoms with Crippen molar-refractivity contribution in [1.29, 1.82) is 0 Å². The third-order valence-corrected chi connectivity index (χ3v) is 8.54. The van der Waals surface area contributed by atoms with Gasteiger partial charge < -0.3 is 30.3 Å². The molecule has 2 aromatic rings. The number of amides is 2. The second-order valence-corrected chi connectivity index (χ2v) is 11.2. The summed E-state index contributed by atoms with van der Waals surface area (Å²) in [6, 6.07) is 15.0. The number of morpholine rings is 1. The first-order valence-corrected chi connectivity index (χ1v) is 14.5. The molecule has 2 amide bonds. The molecule has 3 N–H and O–H groups in total. The fourth-order valence-corrected chi connectivity index (χ4v) is 6.24. The maximum Gasteiger partial charge on any atom is 0.410 e. The predicted octanol–water partition coefficient (Wildman–Crippen LogP) is 5.16. The molecule has 0 unspecified atom stereocenters. The molecule has 0 aromatic heterocycles. The molecule has 8 nitrogen and oxygen atoms in total. The zero-order chi connectivity index (χ0) is 27.2. The van der Waals surface area contributed by atoms with Gasteiger partial charge in [-0.2, -0.15) is 0 Å². The summed E-state index contributed by atoms with van der Waals surface area (Å²) >= 11 is 0. The minimum absolute atomic E-state index is 0.0909. The molecule has 0 atom stereocenters. The number of nitrogens with zero attached hydrogens (tertiary/aromatic N) is 2. The standard InChI is InChI=1S/C31H42N4O4/c1-38-31(37)35(27-12-10-26(32)11-13-27)21-22-5-4-8-24(19-22)25-9-14-29(34-15-17-39-18-16-34)28(20-25)33-30(36)23-6-2-3-7-23/h4-5,8-9,14,19-20,23,26-27H,2-3,6-7,10-13,15-18,21,32H2,1H3,(H,33,36). The minimum atomic E-state index is -0.298. The van der Waals surface area contributed by atoms with Crippen LogP contribution in [0.15, 0.2) is 42.5 Å². The quantitative estimate of drug-likeness (QED) is 0.510. The van der Waals surface area contributed by atoms with Crippen LogP contribution >= 0.6 is 0 Å². The summed E-state index contributed by atoms with van der Waals surface area (Å²) in [4.78, 5) is 30.0. The summed E-state index contributed by atoms with van der Waals surface area (Å²) in [5.41, 5.74) is 11.1. The van der Waals surface area contributed by atoms with Crippen molar-refractivity contribution >= 4 is 23.4 Å². The van der Waals surface area contributed by atoms with Crippen LogP contribution in [0.2, 0.25) is 0 Å². The Bertz CT molecular complexity index is 1140. The number of methoxy groups -OCH3 is 1. The predicted molar refractivity (Wildman–Crippen MR) is 154 cm³/mol. The molecule has 2 saturated carbocycles. The summed E-state index contributed by atoms with van der Waals surface area (Å²) in [5, 5.41) is 3.27. The Labute approximate surface area is 231 Å². The summed E-state index contributed by atoms with van der Waals surface area (Å²) in [6.45, 7) is 3.46. The molecule has 2 aromatic carbocycles. The third kappa shape index (κ3) is 6.73. The number of ether oxygens (including phenoxy) is 2. The van der Waals surface area contributed by atoms with Gasteiger partial charge in [-0.3, -0.25) is 4.79 Å². The highest BCUT2D eigenvalue weighted by molar-refractivity contribution is 5.97. The van der Waals surface area contributed by atoms with Gasteiger partial charge in [0.15, 0.2) is 0 Å². The minimum Gasteiger partial charge on any atom is -0.453 e. The van der Waals surface area contributed by atoms with Gasteiger partial charge in [0.2, 0.25) is 5.91 Å². The number of hydrogen-bond donors (Lipinski definition) is 2. The number of carbonyl (C=O) groups excluding carboxylic acids is 2. The lowest BCUT2D eigenvalue weighted by Gasteiger charge is -2.35. The van der Waals surface area contributed by atoms with Gasteiger partial charge in [0.1, 0.15) is 0 Å². The van der Waals surface area contributed by atoms with Crippen LogP contribution < -0.4 is 16.0 Å². The number of nitrogens with one attached hydrogen (secondary N) is 1. The first kappa shape index (κ1) is 27.5. The molecule has 1 aliphatic heterocycles. The van der Waals surface area contributed by atoms with E-state index >= 15 is 0 Å². The van der Waals surface area contributed by atoms with E-state index < -0.39 is 0 Å². The lowest BCUT2D eigenvalue weighted by molar-refractivity contribution is -0.119. The second-order valence-electron chi connectivity index (χ2n) is 11.2. The number of benzene rings is 2. The van der Waals surface area contributed by atoms with Crippen LogP contribution in [0.1, 0.15) is 56.9 Å². The van der Waals surface area contributed by atoms with Gasteiger partial charge in [-0.15, -0.1) is 0 Å². The van der Waals surface area contributed by atoms with Gasteiger partial charge in [-0.1, -0.05) is 37.1 Å². The molecule has 5 rings (SSSR count). The molecule has 210 valence electrons. The van der Waals surface area contributed by atoms with Crippen LogP contribution in [0.5, 0.6) is 0 Å². The van der Waals surface area contributed by atoms with E-state index in [1.54, 1.807) is 0 Å². The fraction of sp³-hybridized carbons (Fsp3) is 0.548. The second kappa shape index (κ2) is 12.8. The number of nitrogens with two attached hydrogens (primary N) is 1. The zero-order valence-electron chi connectivity index (χ0n) is 23.1. The van der Waals surface area contributed by atoms with Crippen molar-refractivity contribution in [3.63, 3.8) is 0 Å². The van der Waals surface area contributed by atoms with Crippen molar-refractivity contribution < 1.29 is 19.1 Å². The van der Waals surface area contributed by atoms with Crippen LogP contribution in [0.25, 0.3) is 11.1 Å². The molecular formula is C31H42N4O4. The normalized spacial score (nSPS) is 21.9. The summed E-state index contributed by atoms with van der Waals surface area (Å²) in [5.74, 6) is 0.210. The van der Waals surface area contributed by atoms with Gasteiger partial charge in [-0.05, 0) is 73.4 Å². The molecular weight excluding hydrogens is 492 g/mol. The average Bonchev–Trinajstić information content (AvgIpc) is 3.52. The first-order valence-electron chi connectivity index (χ1n) is 14.5. The number of anilines is 2. The van der Waals surface area contributed by atoms with E-state index in [9.17, 15) is 9.59 Å². The molecule has 39 heavy (non-hydrogen) atoms. The number of rotatable bonds is 7. The van der Waals surface area contributed by atoms with Crippen LogP contribution in [-0.4, -0.2) is 62.4 Å². The molecule has 3 aliphatic rings. The average molecular weight is 535 g/mol. The van der Waals surface area contributed by atoms with Crippen molar-refractivity contribution in [2.24, 2.45) is 11.7 Å². The Morgan fingerprint density at radius 1 is 1.00 bits per heavy atom. The van der Waals surface area contributed by atoms with Crippen LogP contribution in [0, 0.1) is 5.92 Å². The van der Waals surface area contributed by atoms with Crippen LogP contribution in [0.4, 0.5) is 16.2 Å². The highest BCUT2D eigenvalue weighted by atomic mass is 16.5. The van der Waals surface area contributed by atoms with E-state index in [1.165, 1.54) is 7.11 Å². The maximum atomic E-state index is 13.1. The van der Waals surface area contributed by atoms with Crippen molar-refractivity contribution in [2.75, 3.05) is 43.6 Å².